The summed E-state index contributed by atoms with van der Waals surface area (Å²) in [6, 6.07) is 4.65. The number of aliphatic hydroxyl groups is 1. The Kier molecular flexibility index (Phi) is 11.0. The summed E-state index contributed by atoms with van der Waals surface area (Å²) >= 11 is 0. The first-order valence-electron chi connectivity index (χ1n) is 16.8. The van der Waals surface area contributed by atoms with Gasteiger partial charge in [-0.3, -0.25) is 14.6 Å². The number of amides is 2. The van der Waals surface area contributed by atoms with Gasteiger partial charge in [0, 0.05) is 24.7 Å². The molecule has 2 aliphatic rings. The molecule has 2 amide bonds. The van der Waals surface area contributed by atoms with Crippen LogP contribution in [0.3, 0.4) is 0 Å². The first kappa shape index (κ1) is 40.3. The Morgan fingerprint density at radius 1 is 0.981 bits per heavy atom. The van der Waals surface area contributed by atoms with Gasteiger partial charge < -0.3 is 20.1 Å². The summed E-state index contributed by atoms with van der Waals surface area (Å²) in [5, 5.41) is 16.1. The number of benzene rings is 2. The SMILES string of the molecule is CN(C)CCC(C)(C)Oc1ccc(CN2C(=O)C(C(=O)Nc3ccc(C(F)(F)F)cc3-c3cc(C(F)(F)F)ncn3)=C(O)C3(CCCC3)N2C)c(F)c1F. The molecule has 1 fully saturated rings. The van der Waals surface area contributed by atoms with Gasteiger partial charge >= 0.3 is 12.4 Å². The molecule has 1 aliphatic carbocycles. The molecule has 0 saturated heterocycles. The van der Waals surface area contributed by atoms with Gasteiger partial charge in [0.2, 0.25) is 5.82 Å². The molecule has 1 spiro atoms. The maximum absolute atomic E-state index is 15.7. The highest BCUT2D eigenvalue weighted by Crippen LogP contribution is 2.45. The number of aromatic nitrogens is 2. The van der Waals surface area contributed by atoms with E-state index in [0.29, 0.717) is 50.3 Å². The minimum Gasteiger partial charge on any atom is -0.509 e. The topological polar surface area (TPSA) is 111 Å². The third-order valence-corrected chi connectivity index (χ3v) is 9.59. The largest absolute Gasteiger partial charge is 0.509 e. The Morgan fingerprint density at radius 2 is 1.65 bits per heavy atom. The zero-order chi connectivity index (χ0) is 40.0. The minimum atomic E-state index is -4.99. The number of likely N-dealkylation sites (N-methyl/N-ethyl adjacent to an activating group) is 1. The normalized spacial score (nSPS) is 16.9. The maximum atomic E-state index is 15.7. The second-order valence-corrected chi connectivity index (χ2v) is 14.1. The van der Waals surface area contributed by atoms with Gasteiger partial charge in [0.1, 0.15) is 29.0 Å². The van der Waals surface area contributed by atoms with Crippen molar-refractivity contribution in [2.24, 2.45) is 0 Å². The molecule has 1 aliphatic heterocycles. The average Bonchev–Trinajstić information content (AvgIpc) is 3.59. The molecular formula is C36H38F8N6O4. The fraction of sp³-hybridized carbons (Fsp3) is 0.444. The number of halogens is 8. The number of alkyl halides is 6. The van der Waals surface area contributed by atoms with E-state index in [-0.39, 0.29) is 24.2 Å². The Balaban J connectivity index is 1.51. The van der Waals surface area contributed by atoms with Gasteiger partial charge in [0.25, 0.3) is 11.8 Å². The van der Waals surface area contributed by atoms with E-state index in [1.807, 2.05) is 19.0 Å². The van der Waals surface area contributed by atoms with Crippen LogP contribution in [0.25, 0.3) is 11.3 Å². The van der Waals surface area contributed by atoms with Gasteiger partial charge in [0.15, 0.2) is 11.6 Å². The van der Waals surface area contributed by atoms with Crippen LogP contribution in [0.15, 0.2) is 54.1 Å². The standard InChI is InChI=1S/C36H38F8N6O4/c1-33(2,14-15-48(3)4)54-25-11-8-20(28(37)29(25)38)18-50-32(53)27(30(51)34(49(50)5)12-6-7-13-34)31(52)47-23-10-9-21(35(39,40)41)16-22(23)24-17-26(36(42,43)44)46-19-45-24/h8-11,16-17,19,51H,6-7,12-15,18H2,1-5H3,(H,47,52). The lowest BCUT2D eigenvalue weighted by molar-refractivity contribution is -0.163. The van der Waals surface area contributed by atoms with Gasteiger partial charge in [-0.1, -0.05) is 18.9 Å². The molecule has 2 heterocycles. The summed E-state index contributed by atoms with van der Waals surface area (Å²) in [5.74, 6) is -6.13. The third-order valence-electron chi connectivity index (χ3n) is 9.59. The number of ether oxygens (including phenoxy) is 1. The van der Waals surface area contributed by atoms with Crippen LogP contribution in [0, 0.1) is 11.6 Å². The average molecular weight is 771 g/mol. The van der Waals surface area contributed by atoms with Crippen molar-refractivity contribution in [1.82, 2.24) is 24.9 Å². The minimum absolute atomic E-state index is 0.230. The van der Waals surface area contributed by atoms with Crippen LogP contribution >= 0.6 is 0 Å². The number of rotatable bonds is 10. The predicted molar refractivity (Wildman–Crippen MR) is 180 cm³/mol. The van der Waals surface area contributed by atoms with Crippen molar-refractivity contribution >= 4 is 17.5 Å². The first-order valence-corrected chi connectivity index (χ1v) is 16.8. The van der Waals surface area contributed by atoms with Crippen molar-refractivity contribution in [2.45, 2.75) is 76.0 Å². The second-order valence-electron chi connectivity index (χ2n) is 14.1. The molecule has 1 aromatic heterocycles. The van der Waals surface area contributed by atoms with Crippen LogP contribution in [0.2, 0.25) is 0 Å². The van der Waals surface area contributed by atoms with Crippen LogP contribution in [0.5, 0.6) is 5.75 Å². The highest BCUT2D eigenvalue weighted by atomic mass is 19.4. The number of nitrogens with one attached hydrogen (secondary N) is 1. The fourth-order valence-corrected chi connectivity index (χ4v) is 6.55. The molecule has 2 N–H and O–H groups in total. The fourth-order valence-electron chi connectivity index (χ4n) is 6.55. The van der Waals surface area contributed by atoms with Crippen LogP contribution in [0.1, 0.15) is 62.8 Å². The van der Waals surface area contributed by atoms with E-state index < -0.39 is 93.0 Å². The molecule has 54 heavy (non-hydrogen) atoms. The Labute approximate surface area is 305 Å². The van der Waals surface area contributed by atoms with Crippen molar-refractivity contribution in [3.05, 3.63) is 82.5 Å². The quantitative estimate of drug-likeness (QED) is 0.161. The molecule has 10 nitrogen and oxygen atoms in total. The summed E-state index contributed by atoms with van der Waals surface area (Å²) in [6.07, 6.45) is -7.41. The Bertz CT molecular complexity index is 1960. The zero-order valence-electron chi connectivity index (χ0n) is 29.9. The van der Waals surface area contributed by atoms with Gasteiger partial charge in [-0.15, -0.1) is 0 Å². The molecule has 2 aromatic carbocycles. The number of anilines is 1. The molecule has 5 rings (SSSR count). The second kappa shape index (κ2) is 14.8. The summed E-state index contributed by atoms with van der Waals surface area (Å²) in [6.45, 7) is 3.43. The number of hydrogen-bond acceptors (Lipinski definition) is 8. The molecule has 0 atom stereocenters. The number of hydrazine groups is 1. The van der Waals surface area contributed by atoms with Crippen LogP contribution in [0.4, 0.5) is 40.8 Å². The van der Waals surface area contributed by atoms with Gasteiger partial charge in [-0.05, 0) is 77.5 Å². The molecule has 0 bridgehead atoms. The number of aliphatic hydroxyl groups excluding tert-OH is 1. The zero-order valence-corrected chi connectivity index (χ0v) is 29.9. The third kappa shape index (κ3) is 8.13. The molecule has 292 valence electrons. The number of carbonyl (C=O) groups excluding carboxylic acids is 2. The summed E-state index contributed by atoms with van der Waals surface area (Å²) < 4.78 is 118. The molecular weight excluding hydrogens is 732 g/mol. The lowest BCUT2D eigenvalue weighted by Crippen LogP contribution is -2.62. The molecule has 1 saturated carbocycles. The lowest BCUT2D eigenvalue weighted by atomic mass is 9.88. The first-order chi connectivity index (χ1) is 25.1. The van der Waals surface area contributed by atoms with Crippen molar-refractivity contribution in [3.8, 4) is 17.0 Å². The highest BCUT2D eigenvalue weighted by molar-refractivity contribution is 6.24. The molecule has 0 unspecified atom stereocenters. The van der Waals surface area contributed by atoms with Gasteiger partial charge in [-0.2, -0.15) is 30.7 Å². The molecule has 0 radical (unpaired) electrons. The van der Waals surface area contributed by atoms with E-state index in [1.165, 1.54) is 24.2 Å². The number of carbonyl (C=O) groups is 2. The van der Waals surface area contributed by atoms with E-state index in [2.05, 4.69) is 15.3 Å². The monoisotopic (exact) mass is 770 g/mol. The van der Waals surface area contributed by atoms with Crippen LogP contribution in [-0.2, 0) is 28.5 Å². The van der Waals surface area contributed by atoms with Crippen LogP contribution in [-0.4, -0.2) is 80.6 Å². The molecule has 3 aromatic rings. The molecule has 18 heteroatoms. The summed E-state index contributed by atoms with van der Waals surface area (Å²) in [7, 11) is 5.14. The highest BCUT2D eigenvalue weighted by Gasteiger charge is 2.53. The van der Waals surface area contributed by atoms with Crippen molar-refractivity contribution in [1.29, 1.82) is 0 Å². The number of hydrogen-bond donors (Lipinski definition) is 2. The van der Waals surface area contributed by atoms with Crippen molar-refractivity contribution < 1.29 is 54.6 Å². The smallest absolute Gasteiger partial charge is 0.433 e. The van der Waals surface area contributed by atoms with Crippen molar-refractivity contribution in [2.75, 3.05) is 33.0 Å². The lowest BCUT2D eigenvalue weighted by Gasteiger charge is -2.48. The number of nitrogens with zero attached hydrogens (tertiary/aromatic N) is 5. The van der Waals surface area contributed by atoms with E-state index in [4.69, 9.17) is 4.74 Å². The van der Waals surface area contributed by atoms with E-state index in [9.17, 15) is 41.0 Å². The van der Waals surface area contributed by atoms with E-state index in [0.717, 1.165) is 11.1 Å². The van der Waals surface area contributed by atoms with E-state index in [1.54, 1.807) is 13.8 Å². The maximum Gasteiger partial charge on any atom is 0.433 e. The summed E-state index contributed by atoms with van der Waals surface area (Å²) in [5.41, 5.74) is -7.82. The van der Waals surface area contributed by atoms with Gasteiger partial charge in [-0.25, -0.2) is 19.4 Å². The Morgan fingerprint density at radius 3 is 2.26 bits per heavy atom. The van der Waals surface area contributed by atoms with E-state index >= 15 is 8.78 Å². The predicted octanol–water partition coefficient (Wildman–Crippen LogP) is 7.52. The Hall–Kier alpha value is -4.84. The van der Waals surface area contributed by atoms with Crippen molar-refractivity contribution in [3.63, 3.8) is 0 Å². The van der Waals surface area contributed by atoms with Gasteiger partial charge in [0.05, 0.1) is 29.0 Å². The summed E-state index contributed by atoms with van der Waals surface area (Å²) in [4.78, 5) is 36.7. The van der Waals surface area contributed by atoms with Crippen LogP contribution < -0.4 is 10.1 Å².